The molecule has 0 spiro atoms. The maximum absolute atomic E-state index is 13.3. The number of hydrogen-bond donors (Lipinski definition) is 1. The normalized spacial score (nSPS) is 16.9. The quantitative estimate of drug-likeness (QED) is 0.615. The van der Waals surface area contributed by atoms with Gasteiger partial charge in [0.15, 0.2) is 0 Å². The Morgan fingerprint density at radius 2 is 1.82 bits per heavy atom. The minimum Gasteiger partial charge on any atom is -0.338 e. The smallest absolute Gasteiger partial charge is 0.263 e. The molecular weight excluding hydrogens is 432 g/mol. The first-order valence-electron chi connectivity index (χ1n) is 11.5. The SMILES string of the molecule is Cc1ncccc1N(C(=O)C1CNC1)c1ccc(C2CCN(C(=O)c3cccs3)CC2)cc1. The Balaban J connectivity index is 1.31. The van der Waals surface area contributed by atoms with E-state index in [4.69, 9.17) is 0 Å². The lowest BCUT2D eigenvalue weighted by atomic mass is 9.89. The molecule has 2 saturated heterocycles. The number of hydrogen-bond acceptors (Lipinski definition) is 5. The van der Waals surface area contributed by atoms with Crippen LogP contribution in [0.4, 0.5) is 11.4 Å². The molecule has 2 aliphatic heterocycles. The number of rotatable bonds is 5. The van der Waals surface area contributed by atoms with E-state index >= 15 is 0 Å². The average Bonchev–Trinajstić information content (AvgIpc) is 3.35. The highest BCUT2D eigenvalue weighted by Gasteiger charge is 2.32. The molecule has 1 aromatic carbocycles. The molecule has 3 aromatic rings. The monoisotopic (exact) mass is 460 g/mol. The van der Waals surface area contributed by atoms with Gasteiger partial charge in [0.1, 0.15) is 0 Å². The van der Waals surface area contributed by atoms with Gasteiger partial charge in [-0.05, 0) is 67.0 Å². The zero-order chi connectivity index (χ0) is 22.8. The third kappa shape index (κ3) is 4.43. The molecule has 0 bridgehead atoms. The van der Waals surface area contributed by atoms with Crippen molar-refractivity contribution in [3.63, 3.8) is 0 Å². The van der Waals surface area contributed by atoms with Crippen LogP contribution in [0.3, 0.4) is 0 Å². The number of benzene rings is 1. The summed E-state index contributed by atoms with van der Waals surface area (Å²) in [5.41, 5.74) is 3.81. The maximum Gasteiger partial charge on any atom is 0.263 e. The second-order valence-electron chi connectivity index (χ2n) is 8.77. The zero-order valence-corrected chi connectivity index (χ0v) is 19.6. The Hall–Kier alpha value is -3.03. The molecule has 170 valence electrons. The Kier molecular flexibility index (Phi) is 6.24. The average molecular weight is 461 g/mol. The number of likely N-dealkylation sites (tertiary alicyclic amines) is 1. The number of carbonyl (C=O) groups is 2. The van der Waals surface area contributed by atoms with Gasteiger partial charge in [0, 0.05) is 38.1 Å². The molecule has 0 aliphatic carbocycles. The van der Waals surface area contributed by atoms with Crippen molar-refractivity contribution >= 4 is 34.5 Å². The van der Waals surface area contributed by atoms with Crippen LogP contribution >= 0.6 is 11.3 Å². The van der Waals surface area contributed by atoms with Gasteiger partial charge in [-0.1, -0.05) is 18.2 Å². The van der Waals surface area contributed by atoms with Crippen LogP contribution in [0.1, 0.15) is 39.7 Å². The molecular formula is C26H28N4O2S. The van der Waals surface area contributed by atoms with Crippen molar-refractivity contribution in [2.75, 3.05) is 31.1 Å². The number of nitrogens with one attached hydrogen (secondary N) is 1. The number of nitrogens with zero attached hydrogens (tertiary/aromatic N) is 3. The van der Waals surface area contributed by atoms with Crippen molar-refractivity contribution in [2.24, 2.45) is 5.92 Å². The topological polar surface area (TPSA) is 65.5 Å². The molecule has 5 rings (SSSR count). The molecule has 0 unspecified atom stereocenters. The number of carbonyl (C=O) groups excluding carboxylic acids is 2. The standard InChI is InChI=1S/C26H28N4O2S/c1-18-23(4-2-12-28-18)30(25(31)21-16-27-17-21)22-8-6-19(7-9-22)20-10-13-29(14-11-20)26(32)24-5-3-15-33-24/h2-9,12,15,20-21,27H,10-11,13-14,16-17H2,1H3. The highest BCUT2D eigenvalue weighted by molar-refractivity contribution is 7.12. The summed E-state index contributed by atoms with van der Waals surface area (Å²) < 4.78 is 0. The number of aryl methyl sites for hydroxylation is 1. The molecule has 2 amide bonds. The van der Waals surface area contributed by atoms with Crippen LogP contribution in [0.5, 0.6) is 0 Å². The minimum absolute atomic E-state index is 0.00510. The van der Waals surface area contributed by atoms with Crippen molar-refractivity contribution in [3.05, 3.63) is 76.2 Å². The van der Waals surface area contributed by atoms with Gasteiger partial charge >= 0.3 is 0 Å². The van der Waals surface area contributed by atoms with Crippen LogP contribution in [0.25, 0.3) is 0 Å². The number of aromatic nitrogens is 1. The van der Waals surface area contributed by atoms with Crippen LogP contribution in [0, 0.1) is 12.8 Å². The summed E-state index contributed by atoms with van der Waals surface area (Å²) in [7, 11) is 0. The molecule has 4 heterocycles. The summed E-state index contributed by atoms with van der Waals surface area (Å²) >= 11 is 1.50. The summed E-state index contributed by atoms with van der Waals surface area (Å²) in [6.07, 6.45) is 3.66. The minimum atomic E-state index is -0.00510. The van der Waals surface area contributed by atoms with Gasteiger partial charge < -0.3 is 10.2 Å². The van der Waals surface area contributed by atoms with E-state index in [-0.39, 0.29) is 17.7 Å². The first-order chi connectivity index (χ1) is 16.1. The largest absolute Gasteiger partial charge is 0.338 e. The molecule has 1 N–H and O–H groups in total. The van der Waals surface area contributed by atoms with Crippen molar-refractivity contribution in [2.45, 2.75) is 25.7 Å². The Morgan fingerprint density at radius 3 is 2.42 bits per heavy atom. The van der Waals surface area contributed by atoms with Gasteiger partial charge in [-0.25, -0.2) is 0 Å². The fourth-order valence-corrected chi connectivity index (χ4v) is 5.30. The van der Waals surface area contributed by atoms with Crippen molar-refractivity contribution in [1.29, 1.82) is 0 Å². The van der Waals surface area contributed by atoms with Crippen molar-refractivity contribution < 1.29 is 9.59 Å². The van der Waals surface area contributed by atoms with Crippen LogP contribution in [0.15, 0.2) is 60.1 Å². The van der Waals surface area contributed by atoms with E-state index in [2.05, 4.69) is 34.6 Å². The van der Waals surface area contributed by atoms with Gasteiger partial charge in [-0.15, -0.1) is 11.3 Å². The van der Waals surface area contributed by atoms with E-state index in [0.717, 1.165) is 61.0 Å². The van der Waals surface area contributed by atoms with Gasteiger partial charge in [0.2, 0.25) is 5.91 Å². The van der Waals surface area contributed by atoms with Crippen LogP contribution < -0.4 is 10.2 Å². The number of thiophene rings is 1. The van der Waals surface area contributed by atoms with Gasteiger partial charge in [-0.3, -0.25) is 19.5 Å². The van der Waals surface area contributed by atoms with E-state index in [1.165, 1.54) is 16.9 Å². The van der Waals surface area contributed by atoms with Gasteiger partial charge in [-0.2, -0.15) is 0 Å². The number of anilines is 2. The molecule has 0 atom stereocenters. The lowest BCUT2D eigenvalue weighted by molar-refractivity contribution is -0.123. The fraction of sp³-hybridized carbons (Fsp3) is 0.346. The fourth-order valence-electron chi connectivity index (χ4n) is 4.61. The van der Waals surface area contributed by atoms with Crippen LogP contribution in [-0.4, -0.2) is 47.9 Å². The number of amides is 2. The maximum atomic E-state index is 13.3. The summed E-state index contributed by atoms with van der Waals surface area (Å²) in [5.74, 6) is 0.671. The molecule has 33 heavy (non-hydrogen) atoms. The third-order valence-electron chi connectivity index (χ3n) is 6.71. The summed E-state index contributed by atoms with van der Waals surface area (Å²) in [6, 6.07) is 16.0. The van der Waals surface area contributed by atoms with E-state index in [9.17, 15) is 9.59 Å². The summed E-state index contributed by atoms with van der Waals surface area (Å²) in [6.45, 7) is 4.92. The van der Waals surface area contributed by atoms with E-state index in [1.54, 1.807) is 6.20 Å². The first-order valence-corrected chi connectivity index (χ1v) is 12.4. The molecule has 2 aromatic heterocycles. The van der Waals surface area contributed by atoms with Gasteiger partial charge in [0.05, 0.1) is 22.2 Å². The highest BCUT2D eigenvalue weighted by Crippen LogP contribution is 2.34. The predicted octanol–water partition coefficient (Wildman–Crippen LogP) is 4.36. The van der Waals surface area contributed by atoms with Crippen molar-refractivity contribution in [3.8, 4) is 0 Å². The molecule has 0 radical (unpaired) electrons. The van der Waals surface area contributed by atoms with E-state index < -0.39 is 0 Å². The third-order valence-corrected chi connectivity index (χ3v) is 7.57. The number of piperidine rings is 1. The Labute approximate surface area is 198 Å². The second kappa shape index (κ2) is 9.45. The predicted molar refractivity (Wildman–Crippen MR) is 131 cm³/mol. The summed E-state index contributed by atoms with van der Waals surface area (Å²) in [5, 5.41) is 5.15. The van der Waals surface area contributed by atoms with E-state index in [1.807, 2.05) is 46.4 Å². The first kappa shape index (κ1) is 21.8. The molecule has 0 saturated carbocycles. The van der Waals surface area contributed by atoms with E-state index in [0.29, 0.717) is 5.92 Å². The number of pyridine rings is 1. The highest BCUT2D eigenvalue weighted by atomic mass is 32.1. The van der Waals surface area contributed by atoms with Crippen LogP contribution in [-0.2, 0) is 4.79 Å². The second-order valence-corrected chi connectivity index (χ2v) is 9.72. The van der Waals surface area contributed by atoms with Crippen molar-refractivity contribution in [1.82, 2.24) is 15.2 Å². The zero-order valence-electron chi connectivity index (χ0n) is 18.7. The van der Waals surface area contributed by atoms with Gasteiger partial charge in [0.25, 0.3) is 5.91 Å². The van der Waals surface area contributed by atoms with Crippen LogP contribution in [0.2, 0.25) is 0 Å². The Morgan fingerprint density at radius 1 is 1.06 bits per heavy atom. The molecule has 6 nitrogen and oxygen atoms in total. The lowest BCUT2D eigenvalue weighted by Crippen LogP contribution is -2.51. The molecule has 2 fully saturated rings. The Bertz CT molecular complexity index is 1120. The molecule has 2 aliphatic rings. The lowest BCUT2D eigenvalue weighted by Gasteiger charge is -2.34. The molecule has 7 heteroatoms. The summed E-state index contributed by atoms with van der Waals surface area (Å²) in [4.78, 5) is 34.9.